The molecule has 0 saturated heterocycles. The molecular formula is C28H28S. The summed E-state index contributed by atoms with van der Waals surface area (Å²) in [6.07, 6.45) is 21.2. The summed E-state index contributed by atoms with van der Waals surface area (Å²) in [5.74, 6) is 0. The van der Waals surface area contributed by atoms with Gasteiger partial charge in [0.1, 0.15) is 0 Å². The van der Waals surface area contributed by atoms with Gasteiger partial charge in [-0.15, -0.1) is 11.3 Å². The molecule has 2 aromatic rings. The summed E-state index contributed by atoms with van der Waals surface area (Å²) in [6, 6.07) is 11.0. The third-order valence-electron chi connectivity index (χ3n) is 4.93. The quantitative estimate of drug-likeness (QED) is 0.429. The Balaban J connectivity index is 1.86. The van der Waals surface area contributed by atoms with Crippen molar-refractivity contribution in [3.63, 3.8) is 0 Å². The fourth-order valence-electron chi connectivity index (χ4n) is 3.37. The van der Waals surface area contributed by atoms with Crippen molar-refractivity contribution in [2.45, 2.75) is 26.7 Å². The molecule has 29 heavy (non-hydrogen) atoms. The summed E-state index contributed by atoms with van der Waals surface area (Å²) in [5.41, 5.74) is 7.74. The van der Waals surface area contributed by atoms with Gasteiger partial charge in [-0.25, -0.2) is 0 Å². The molecule has 3 rings (SSSR count). The van der Waals surface area contributed by atoms with E-state index in [9.17, 15) is 0 Å². The predicted molar refractivity (Wildman–Crippen MR) is 132 cm³/mol. The molecule has 1 aromatic carbocycles. The van der Waals surface area contributed by atoms with Crippen molar-refractivity contribution in [2.24, 2.45) is 0 Å². The second kappa shape index (κ2) is 10.0. The lowest BCUT2D eigenvalue weighted by atomic mass is 9.92. The smallest absolute Gasteiger partial charge is 0.0282 e. The molecule has 0 radical (unpaired) electrons. The maximum Gasteiger partial charge on any atom is 0.0282 e. The first-order valence-corrected chi connectivity index (χ1v) is 10.8. The topological polar surface area (TPSA) is 0 Å². The lowest BCUT2D eigenvalue weighted by molar-refractivity contribution is 0.978. The highest BCUT2D eigenvalue weighted by Crippen LogP contribution is 2.30. The standard InChI is InChI=1S/C28H28S/c1-5-9-23(6-2)13-15-27-16-17-28(29-27)20-26-11-8-7-10-25(26)19-24-14-12-21(3)18-22(24)4/h5-6,8-9,11-20H,1-2,7,10H2,3-4H3/b15-13+,23-9+,25-19-,26-20+. The highest BCUT2D eigenvalue weighted by Gasteiger charge is 2.09. The number of benzene rings is 1. The zero-order valence-electron chi connectivity index (χ0n) is 17.3. The lowest BCUT2D eigenvalue weighted by Crippen LogP contribution is -1.94. The van der Waals surface area contributed by atoms with Crippen LogP contribution >= 0.6 is 11.3 Å². The van der Waals surface area contributed by atoms with Crippen LogP contribution in [0.5, 0.6) is 0 Å². The number of allylic oxidation sites excluding steroid dienone is 9. The molecule has 0 nitrogen and oxygen atoms in total. The lowest BCUT2D eigenvalue weighted by Gasteiger charge is -2.14. The third-order valence-corrected chi connectivity index (χ3v) is 5.93. The van der Waals surface area contributed by atoms with Crippen molar-refractivity contribution in [1.82, 2.24) is 0 Å². The van der Waals surface area contributed by atoms with E-state index in [1.54, 1.807) is 17.4 Å². The van der Waals surface area contributed by atoms with Crippen molar-refractivity contribution in [3.8, 4) is 0 Å². The summed E-state index contributed by atoms with van der Waals surface area (Å²) in [6.45, 7) is 11.9. The molecule has 0 N–H and O–H groups in total. The SMILES string of the molecule is C=C/C=C(C=C)/C=C/c1ccc(/C=C2\C=CCC\C2=C\c2ccc(C)cc2C)s1. The van der Waals surface area contributed by atoms with E-state index in [4.69, 9.17) is 0 Å². The van der Waals surface area contributed by atoms with Crippen LogP contribution in [0.25, 0.3) is 18.2 Å². The number of hydrogen-bond donors (Lipinski definition) is 0. The van der Waals surface area contributed by atoms with Gasteiger partial charge in [0.25, 0.3) is 0 Å². The molecule has 0 fully saturated rings. The Morgan fingerprint density at radius 2 is 1.86 bits per heavy atom. The van der Waals surface area contributed by atoms with Crippen molar-refractivity contribution in [2.75, 3.05) is 0 Å². The molecule has 0 spiro atoms. The summed E-state index contributed by atoms with van der Waals surface area (Å²) in [7, 11) is 0. The summed E-state index contributed by atoms with van der Waals surface area (Å²) >= 11 is 1.80. The van der Waals surface area contributed by atoms with Crippen molar-refractivity contribution < 1.29 is 0 Å². The van der Waals surface area contributed by atoms with E-state index >= 15 is 0 Å². The zero-order chi connectivity index (χ0) is 20.6. The van der Waals surface area contributed by atoms with E-state index in [2.05, 4.69) is 93.8 Å². The minimum atomic E-state index is 1.06. The molecular weight excluding hydrogens is 368 g/mol. The number of hydrogen-bond acceptors (Lipinski definition) is 1. The van der Waals surface area contributed by atoms with Gasteiger partial charge in [-0.1, -0.05) is 79.5 Å². The highest BCUT2D eigenvalue weighted by atomic mass is 32.1. The summed E-state index contributed by atoms with van der Waals surface area (Å²) < 4.78 is 0. The molecule has 0 amide bonds. The van der Waals surface area contributed by atoms with Gasteiger partial charge >= 0.3 is 0 Å². The summed E-state index contributed by atoms with van der Waals surface area (Å²) in [4.78, 5) is 2.50. The monoisotopic (exact) mass is 396 g/mol. The Bertz CT molecular complexity index is 1050. The molecule has 0 atom stereocenters. The highest BCUT2D eigenvalue weighted by molar-refractivity contribution is 7.13. The Hall–Kier alpha value is -2.90. The van der Waals surface area contributed by atoms with E-state index in [0.29, 0.717) is 0 Å². The average Bonchev–Trinajstić information content (AvgIpc) is 3.16. The second-order valence-corrected chi connectivity index (χ2v) is 8.40. The molecule has 1 aliphatic carbocycles. The van der Waals surface area contributed by atoms with Crippen LogP contribution in [0.2, 0.25) is 0 Å². The van der Waals surface area contributed by atoms with Crippen molar-refractivity contribution in [1.29, 1.82) is 0 Å². The van der Waals surface area contributed by atoms with Crippen molar-refractivity contribution in [3.05, 3.63) is 123 Å². The van der Waals surface area contributed by atoms with Crippen molar-refractivity contribution >= 4 is 29.6 Å². The number of rotatable bonds is 6. The largest absolute Gasteiger partial charge is 0.136 e. The fourth-order valence-corrected chi connectivity index (χ4v) is 4.23. The first-order chi connectivity index (χ1) is 14.1. The van der Waals surface area contributed by atoms with Crippen LogP contribution in [-0.4, -0.2) is 0 Å². The van der Waals surface area contributed by atoms with E-state index in [1.807, 2.05) is 12.2 Å². The molecule has 1 aromatic heterocycles. The molecule has 1 heterocycles. The Kier molecular flexibility index (Phi) is 7.21. The van der Waals surface area contributed by atoms with Gasteiger partial charge in [-0.3, -0.25) is 0 Å². The van der Waals surface area contributed by atoms with Crippen LogP contribution in [0, 0.1) is 13.8 Å². The minimum absolute atomic E-state index is 1.06. The van der Waals surface area contributed by atoms with E-state index in [-0.39, 0.29) is 0 Å². The van der Waals surface area contributed by atoms with Gasteiger partial charge in [0.05, 0.1) is 0 Å². The molecule has 1 heteroatoms. The molecule has 0 unspecified atom stereocenters. The molecule has 0 saturated carbocycles. The van der Waals surface area contributed by atoms with Gasteiger partial charge in [0, 0.05) is 9.75 Å². The van der Waals surface area contributed by atoms with Gasteiger partial charge in [0.15, 0.2) is 0 Å². The van der Waals surface area contributed by atoms with Crippen LogP contribution in [0.4, 0.5) is 0 Å². The second-order valence-electron chi connectivity index (χ2n) is 7.25. The van der Waals surface area contributed by atoms with Gasteiger partial charge in [-0.2, -0.15) is 0 Å². The van der Waals surface area contributed by atoms with Crippen LogP contribution in [-0.2, 0) is 0 Å². The van der Waals surface area contributed by atoms with E-state index in [1.165, 1.54) is 37.6 Å². The fraction of sp³-hybridized carbons (Fsp3) is 0.143. The van der Waals surface area contributed by atoms with Crippen LogP contribution in [0.15, 0.2) is 96.7 Å². The zero-order valence-corrected chi connectivity index (χ0v) is 18.1. The van der Waals surface area contributed by atoms with Gasteiger partial charge in [0.2, 0.25) is 0 Å². The minimum Gasteiger partial charge on any atom is -0.136 e. The first kappa shape index (κ1) is 20.8. The molecule has 1 aliphatic rings. The average molecular weight is 397 g/mol. The predicted octanol–water partition coefficient (Wildman–Crippen LogP) is 8.49. The van der Waals surface area contributed by atoms with Gasteiger partial charge in [-0.05, 0) is 78.8 Å². The van der Waals surface area contributed by atoms with E-state index in [0.717, 1.165) is 18.4 Å². The van der Waals surface area contributed by atoms with Crippen LogP contribution < -0.4 is 0 Å². The number of thiophene rings is 1. The third kappa shape index (κ3) is 5.79. The Labute approximate surface area is 179 Å². The Morgan fingerprint density at radius 3 is 2.62 bits per heavy atom. The van der Waals surface area contributed by atoms with Crippen LogP contribution in [0.3, 0.4) is 0 Å². The molecule has 0 bridgehead atoms. The number of aryl methyl sites for hydroxylation is 2. The van der Waals surface area contributed by atoms with E-state index < -0.39 is 0 Å². The normalized spacial score (nSPS) is 17.4. The summed E-state index contributed by atoms with van der Waals surface area (Å²) in [5, 5.41) is 0. The Morgan fingerprint density at radius 1 is 1.03 bits per heavy atom. The maximum absolute atomic E-state index is 3.84. The van der Waals surface area contributed by atoms with Crippen LogP contribution in [0.1, 0.15) is 39.3 Å². The maximum atomic E-state index is 3.84. The van der Waals surface area contributed by atoms with Gasteiger partial charge < -0.3 is 0 Å². The molecule has 0 aliphatic heterocycles. The first-order valence-electron chi connectivity index (χ1n) is 9.98. The molecule has 146 valence electrons.